The summed E-state index contributed by atoms with van der Waals surface area (Å²) >= 11 is 8.98. The zero-order chi connectivity index (χ0) is 9.64. The van der Waals surface area contributed by atoms with E-state index < -0.39 is 6.04 Å². The molecule has 2 nitrogen and oxygen atoms in total. The van der Waals surface area contributed by atoms with E-state index in [-0.39, 0.29) is 0 Å². The van der Waals surface area contributed by atoms with Gasteiger partial charge in [0.25, 0.3) is 0 Å². The van der Waals surface area contributed by atoms with Gasteiger partial charge in [0.2, 0.25) is 0 Å². The lowest BCUT2D eigenvalue weighted by atomic mass is 10.3. The first-order valence-corrected chi connectivity index (χ1v) is 4.71. The van der Waals surface area contributed by atoms with Gasteiger partial charge in [-0.15, -0.1) is 0 Å². The van der Waals surface area contributed by atoms with Crippen molar-refractivity contribution in [2.45, 2.75) is 13.0 Å². The van der Waals surface area contributed by atoms with E-state index in [9.17, 15) is 4.39 Å². The zero-order valence-electron chi connectivity index (χ0n) is 6.61. The number of benzene rings is 1. The van der Waals surface area contributed by atoms with Crippen molar-refractivity contribution in [2.75, 3.05) is 0 Å². The van der Waals surface area contributed by atoms with E-state index in [1.54, 1.807) is 6.07 Å². The van der Waals surface area contributed by atoms with Crippen LogP contribution in [0, 0.1) is 0 Å². The Morgan fingerprint density at radius 1 is 1.38 bits per heavy atom. The summed E-state index contributed by atoms with van der Waals surface area (Å²) in [5.41, 5.74) is 0. The van der Waals surface area contributed by atoms with E-state index >= 15 is 0 Å². The standard InChI is InChI=1S/C8H5BrClFO2/c1-8(11)12-6-2-4(9)5(10)3-7(6)13-8/h2-3H,1H3. The second kappa shape index (κ2) is 2.75. The van der Waals surface area contributed by atoms with Crippen molar-refractivity contribution >= 4 is 27.5 Å². The summed E-state index contributed by atoms with van der Waals surface area (Å²) in [6, 6.07) is 0.987. The topological polar surface area (TPSA) is 18.5 Å². The van der Waals surface area contributed by atoms with Crippen LogP contribution in [-0.4, -0.2) is 6.04 Å². The SMILES string of the molecule is CC1(F)Oc2cc(Cl)c(Br)cc2O1. The lowest BCUT2D eigenvalue weighted by Gasteiger charge is -2.10. The van der Waals surface area contributed by atoms with Crippen molar-refractivity contribution < 1.29 is 13.9 Å². The summed E-state index contributed by atoms with van der Waals surface area (Å²) < 4.78 is 23.5. The summed E-state index contributed by atoms with van der Waals surface area (Å²) in [5, 5.41) is 0.458. The van der Waals surface area contributed by atoms with Gasteiger partial charge in [-0.1, -0.05) is 11.6 Å². The maximum atomic E-state index is 13.2. The molecule has 1 atom stereocenters. The molecule has 0 amide bonds. The maximum Gasteiger partial charge on any atom is 0.404 e. The Kier molecular flexibility index (Phi) is 1.92. The largest absolute Gasteiger partial charge is 0.423 e. The second-order valence-corrected chi connectivity index (χ2v) is 4.01. The molecular weight excluding hydrogens is 262 g/mol. The molecule has 0 aromatic heterocycles. The minimum atomic E-state index is -2.09. The van der Waals surface area contributed by atoms with Crippen LogP contribution in [0.15, 0.2) is 16.6 Å². The molecule has 1 aliphatic heterocycles. The average molecular weight is 267 g/mol. The van der Waals surface area contributed by atoms with Crippen LogP contribution >= 0.6 is 27.5 Å². The van der Waals surface area contributed by atoms with Crippen molar-refractivity contribution in [1.29, 1.82) is 0 Å². The molecule has 0 saturated carbocycles. The van der Waals surface area contributed by atoms with Crippen LogP contribution in [0.1, 0.15) is 6.92 Å². The third-order valence-electron chi connectivity index (χ3n) is 1.57. The smallest absolute Gasteiger partial charge is 0.404 e. The van der Waals surface area contributed by atoms with Crippen molar-refractivity contribution in [1.82, 2.24) is 0 Å². The zero-order valence-corrected chi connectivity index (χ0v) is 8.95. The first kappa shape index (κ1) is 9.09. The average Bonchev–Trinajstić information content (AvgIpc) is 2.24. The molecule has 0 spiro atoms. The number of fused-ring (bicyclic) bond motifs is 1. The molecule has 0 saturated heterocycles. The Hall–Kier alpha value is -0.480. The second-order valence-electron chi connectivity index (χ2n) is 2.75. The van der Waals surface area contributed by atoms with E-state index in [0.717, 1.165) is 0 Å². The highest BCUT2D eigenvalue weighted by atomic mass is 79.9. The van der Waals surface area contributed by atoms with Gasteiger partial charge >= 0.3 is 6.04 Å². The molecule has 1 aliphatic rings. The van der Waals surface area contributed by atoms with Crippen molar-refractivity contribution in [3.63, 3.8) is 0 Å². The van der Waals surface area contributed by atoms with E-state index in [1.807, 2.05) is 0 Å². The number of alkyl halides is 1. The van der Waals surface area contributed by atoms with E-state index in [2.05, 4.69) is 15.9 Å². The van der Waals surface area contributed by atoms with Crippen molar-refractivity contribution in [2.24, 2.45) is 0 Å². The predicted octanol–water partition coefficient (Wildman–Crippen LogP) is 3.52. The Labute approximate surface area is 87.7 Å². The summed E-state index contributed by atoms with van der Waals surface area (Å²) in [6.45, 7) is 1.19. The highest BCUT2D eigenvalue weighted by Gasteiger charge is 2.37. The highest BCUT2D eigenvalue weighted by Crippen LogP contribution is 2.44. The lowest BCUT2D eigenvalue weighted by molar-refractivity contribution is -0.173. The molecule has 70 valence electrons. The van der Waals surface area contributed by atoms with Crippen LogP contribution in [0.5, 0.6) is 11.5 Å². The molecule has 0 N–H and O–H groups in total. The van der Waals surface area contributed by atoms with Gasteiger partial charge in [-0.25, -0.2) is 0 Å². The monoisotopic (exact) mass is 266 g/mol. The molecule has 1 unspecified atom stereocenters. The molecule has 5 heteroatoms. The van der Waals surface area contributed by atoms with Gasteiger partial charge in [0.05, 0.1) is 5.02 Å². The summed E-state index contributed by atoms with van der Waals surface area (Å²) in [6.07, 6.45) is 0. The third-order valence-corrected chi connectivity index (χ3v) is 2.77. The predicted molar refractivity (Wildman–Crippen MR) is 49.9 cm³/mol. The Balaban J connectivity index is 2.48. The summed E-state index contributed by atoms with van der Waals surface area (Å²) in [5.74, 6) is 0.666. The number of hydrogen-bond acceptors (Lipinski definition) is 2. The highest BCUT2D eigenvalue weighted by molar-refractivity contribution is 9.10. The quantitative estimate of drug-likeness (QED) is 0.716. The van der Waals surface area contributed by atoms with Gasteiger partial charge in [0.15, 0.2) is 11.5 Å². The van der Waals surface area contributed by atoms with Gasteiger partial charge in [0.1, 0.15) is 0 Å². The van der Waals surface area contributed by atoms with Gasteiger partial charge in [0, 0.05) is 23.5 Å². The summed E-state index contributed by atoms with van der Waals surface area (Å²) in [4.78, 5) is 0. The maximum absolute atomic E-state index is 13.2. The first-order chi connectivity index (χ1) is 5.98. The van der Waals surface area contributed by atoms with Gasteiger partial charge in [-0.05, 0) is 15.9 Å². The van der Waals surface area contributed by atoms with E-state index in [4.69, 9.17) is 21.1 Å². The molecule has 2 rings (SSSR count). The van der Waals surface area contributed by atoms with Gasteiger partial charge in [-0.3, -0.25) is 0 Å². The van der Waals surface area contributed by atoms with Crippen LogP contribution in [0.3, 0.4) is 0 Å². The fraction of sp³-hybridized carbons (Fsp3) is 0.250. The Bertz CT molecular complexity index is 334. The number of halogens is 3. The normalized spacial score (nSPS) is 24.9. The fourth-order valence-electron chi connectivity index (χ4n) is 1.08. The van der Waals surface area contributed by atoms with Crippen molar-refractivity contribution in [3.05, 3.63) is 21.6 Å². The van der Waals surface area contributed by atoms with Crippen LogP contribution < -0.4 is 9.47 Å². The van der Waals surface area contributed by atoms with Crippen molar-refractivity contribution in [3.8, 4) is 11.5 Å². The molecule has 13 heavy (non-hydrogen) atoms. The molecular formula is C8H5BrClFO2. The lowest BCUT2D eigenvalue weighted by Crippen LogP contribution is -2.27. The number of rotatable bonds is 0. The van der Waals surface area contributed by atoms with Crippen LogP contribution in [-0.2, 0) is 0 Å². The number of ether oxygens (including phenoxy) is 2. The van der Waals surface area contributed by atoms with E-state index in [0.29, 0.717) is 21.0 Å². The minimum absolute atomic E-state index is 0.318. The van der Waals surface area contributed by atoms with Gasteiger partial charge in [-0.2, -0.15) is 4.39 Å². The van der Waals surface area contributed by atoms with Crippen LogP contribution in [0.25, 0.3) is 0 Å². The van der Waals surface area contributed by atoms with Crippen LogP contribution in [0.2, 0.25) is 5.02 Å². The third kappa shape index (κ3) is 1.60. The summed E-state index contributed by atoms with van der Waals surface area (Å²) in [7, 11) is 0. The van der Waals surface area contributed by atoms with Crippen LogP contribution in [0.4, 0.5) is 4.39 Å². The molecule has 0 radical (unpaired) electrons. The van der Waals surface area contributed by atoms with Gasteiger partial charge < -0.3 is 9.47 Å². The fourth-order valence-corrected chi connectivity index (χ4v) is 1.56. The minimum Gasteiger partial charge on any atom is -0.423 e. The van der Waals surface area contributed by atoms with E-state index in [1.165, 1.54) is 13.0 Å². The molecule has 0 bridgehead atoms. The molecule has 1 heterocycles. The Morgan fingerprint density at radius 2 is 1.92 bits per heavy atom. The Morgan fingerprint density at radius 3 is 2.54 bits per heavy atom. The first-order valence-electron chi connectivity index (χ1n) is 3.54. The molecule has 1 aromatic carbocycles. The molecule has 0 fully saturated rings. The molecule has 1 aromatic rings. The molecule has 0 aliphatic carbocycles. The number of hydrogen-bond donors (Lipinski definition) is 0.